The van der Waals surface area contributed by atoms with Crippen molar-refractivity contribution in [3.63, 3.8) is 0 Å². The van der Waals surface area contributed by atoms with E-state index in [-0.39, 0.29) is 47.1 Å². The Hall–Kier alpha value is -6.22. The Labute approximate surface area is 367 Å². The average Bonchev–Trinajstić information content (AvgIpc) is 3.78. The highest BCUT2D eigenvalue weighted by Gasteiger charge is 2.55. The van der Waals surface area contributed by atoms with Gasteiger partial charge in [0.25, 0.3) is 0 Å². The molecule has 0 radical (unpaired) electrons. The highest BCUT2D eigenvalue weighted by atomic mass is 16.5. The number of hydrogen-bond donors (Lipinski definition) is 4. The van der Waals surface area contributed by atoms with E-state index in [9.17, 15) is 19.2 Å². The Bertz CT molecular complexity index is 2470. The third-order valence-corrected chi connectivity index (χ3v) is 13.1. The predicted molar refractivity (Wildman–Crippen MR) is 238 cm³/mol. The van der Waals surface area contributed by atoms with E-state index >= 15 is 0 Å². The number of hydrogen-bond acceptors (Lipinski definition) is 9. The molecule has 2 aromatic heterocycles. The van der Waals surface area contributed by atoms with Gasteiger partial charge in [0.15, 0.2) is 0 Å². The molecule has 8 rings (SSSR count). The van der Waals surface area contributed by atoms with Crippen LogP contribution in [0.15, 0.2) is 73.1 Å². The van der Waals surface area contributed by atoms with Crippen LogP contribution in [0.5, 0.6) is 0 Å². The fourth-order valence-electron chi connectivity index (χ4n) is 9.35. The van der Waals surface area contributed by atoms with Gasteiger partial charge in [0.2, 0.25) is 11.8 Å². The average molecular weight is 859 g/mol. The third kappa shape index (κ3) is 9.01. The highest BCUT2D eigenvalue weighted by Crippen LogP contribution is 2.58. The van der Waals surface area contributed by atoms with Gasteiger partial charge in [-0.1, -0.05) is 76.2 Å². The maximum Gasteiger partial charge on any atom is 0.407 e. The smallest absolute Gasteiger partial charge is 0.407 e. The van der Waals surface area contributed by atoms with Crippen molar-refractivity contribution in [3.05, 3.63) is 84.7 Å². The van der Waals surface area contributed by atoms with Gasteiger partial charge in [-0.2, -0.15) is 0 Å². The molecule has 5 atom stereocenters. The molecule has 2 saturated heterocycles. The van der Waals surface area contributed by atoms with Crippen molar-refractivity contribution in [1.29, 1.82) is 0 Å². The second kappa shape index (κ2) is 17.9. The number of H-pyrrole nitrogens is 2. The Morgan fingerprint density at radius 3 is 1.76 bits per heavy atom. The number of methoxy groups -OCH3 is 3. The Morgan fingerprint density at radius 2 is 1.21 bits per heavy atom. The monoisotopic (exact) mass is 858 g/mol. The maximum absolute atomic E-state index is 13.9. The van der Waals surface area contributed by atoms with E-state index in [0.717, 1.165) is 69.5 Å². The van der Waals surface area contributed by atoms with Crippen LogP contribution in [0.25, 0.3) is 44.4 Å². The molecule has 1 saturated carbocycles. The fraction of sp³-hybridized carbons (Fsp3) is 0.458. The Morgan fingerprint density at radius 1 is 0.698 bits per heavy atom. The SMILES string of the molecule is COC[C@H]1C[C@@H](c2ncc(-c3ccc(-c4ccc5cc(-c6cnc([C@@H]7CC8(CC8)CN7C(=O)[C@@H](NC(=O)OC)C(C)C)[nH]6)ccc5c4)cc3)[nH]2)N(C(=O)[C@@H](NC(=O)OC)C(C)C)C1. The van der Waals surface area contributed by atoms with Crippen molar-refractivity contribution in [3.8, 4) is 33.6 Å². The third-order valence-electron chi connectivity index (χ3n) is 13.1. The first-order valence-electron chi connectivity index (χ1n) is 21.8. The summed E-state index contributed by atoms with van der Waals surface area (Å²) in [6.45, 7) is 9.30. The van der Waals surface area contributed by atoms with Crippen LogP contribution in [0.3, 0.4) is 0 Å². The van der Waals surface area contributed by atoms with Crippen LogP contribution in [0.1, 0.15) is 77.1 Å². The number of carbonyl (C=O) groups excluding carboxylic acids is 4. The van der Waals surface area contributed by atoms with Gasteiger partial charge in [0.1, 0.15) is 23.7 Å². The first-order valence-corrected chi connectivity index (χ1v) is 21.8. The van der Waals surface area contributed by atoms with E-state index < -0.39 is 24.3 Å². The minimum Gasteiger partial charge on any atom is -0.453 e. The summed E-state index contributed by atoms with van der Waals surface area (Å²) in [5, 5.41) is 7.66. The van der Waals surface area contributed by atoms with Gasteiger partial charge in [0, 0.05) is 31.7 Å². The number of aromatic amines is 2. The van der Waals surface area contributed by atoms with Gasteiger partial charge in [-0.15, -0.1) is 0 Å². The standard InChI is InChI=1S/C48H58N8O7/c1-27(2)40(53-46(59)62-6)44(57)55-24-29(25-61-5)18-38(55)42-49-22-36(51-42)31-10-8-30(9-11-31)32-12-13-34-20-35(15-14-33(34)19-32)37-23-50-43(52-37)39-21-48(16-17-48)26-56(39)45(58)41(28(3)4)54-47(60)63-7/h8-15,19-20,22-23,27-29,38-41H,16-18,21,24-26H2,1-7H3,(H,49,51)(H,50,52)(H,53,59)(H,54,60)/t29-,38-,39-,40-,41-/m0/s1. The van der Waals surface area contributed by atoms with Gasteiger partial charge in [-0.05, 0) is 82.5 Å². The van der Waals surface area contributed by atoms with E-state index in [4.69, 9.17) is 24.2 Å². The second-order valence-electron chi connectivity index (χ2n) is 18.2. The molecule has 4 amide bonds. The molecule has 1 spiro atoms. The van der Waals surface area contributed by atoms with Crippen molar-refractivity contribution in [1.82, 2.24) is 40.4 Å². The zero-order valence-electron chi connectivity index (χ0n) is 37.1. The topological polar surface area (TPSA) is 184 Å². The van der Waals surface area contributed by atoms with E-state index in [0.29, 0.717) is 31.9 Å². The number of alkyl carbamates (subject to hydrolysis) is 2. The van der Waals surface area contributed by atoms with E-state index in [1.807, 2.05) is 38.8 Å². The van der Waals surface area contributed by atoms with Crippen LogP contribution in [0.4, 0.5) is 9.59 Å². The number of nitrogens with one attached hydrogen (secondary N) is 4. The van der Waals surface area contributed by atoms with Crippen LogP contribution in [-0.4, -0.2) is 107 Å². The molecule has 63 heavy (non-hydrogen) atoms. The quantitative estimate of drug-likeness (QED) is 0.0925. The fourth-order valence-corrected chi connectivity index (χ4v) is 9.35. The summed E-state index contributed by atoms with van der Waals surface area (Å²) in [5.41, 5.74) is 5.96. The van der Waals surface area contributed by atoms with Gasteiger partial charge in [0.05, 0.1) is 56.7 Å². The van der Waals surface area contributed by atoms with Crippen molar-refractivity contribution in [2.24, 2.45) is 23.2 Å². The van der Waals surface area contributed by atoms with Crippen molar-refractivity contribution >= 4 is 34.8 Å². The molecule has 4 heterocycles. The van der Waals surface area contributed by atoms with Crippen molar-refractivity contribution < 1.29 is 33.4 Å². The van der Waals surface area contributed by atoms with Gasteiger partial charge < -0.3 is 44.6 Å². The molecule has 15 heteroatoms. The summed E-state index contributed by atoms with van der Waals surface area (Å²) in [6.07, 6.45) is 6.08. The summed E-state index contributed by atoms with van der Waals surface area (Å²) in [4.78, 5) is 72.3. The van der Waals surface area contributed by atoms with E-state index in [1.54, 1.807) is 18.2 Å². The minimum absolute atomic E-state index is 0.109. The molecule has 5 aromatic rings. The zero-order valence-corrected chi connectivity index (χ0v) is 37.1. The van der Waals surface area contributed by atoms with E-state index in [2.05, 4.69) is 81.3 Å². The lowest BCUT2D eigenvalue weighted by Crippen LogP contribution is -2.51. The van der Waals surface area contributed by atoms with Gasteiger partial charge in [-0.25, -0.2) is 19.6 Å². The van der Waals surface area contributed by atoms with Gasteiger partial charge >= 0.3 is 12.2 Å². The van der Waals surface area contributed by atoms with Crippen LogP contribution in [-0.2, 0) is 23.8 Å². The number of nitrogens with zero attached hydrogens (tertiary/aromatic N) is 4. The lowest BCUT2D eigenvalue weighted by Gasteiger charge is -2.30. The first kappa shape index (κ1) is 43.4. The predicted octanol–water partition coefficient (Wildman–Crippen LogP) is 7.64. The summed E-state index contributed by atoms with van der Waals surface area (Å²) < 4.78 is 15.1. The Kier molecular flexibility index (Phi) is 12.3. The zero-order chi connectivity index (χ0) is 44.6. The number of carbonyl (C=O) groups is 4. The summed E-state index contributed by atoms with van der Waals surface area (Å²) in [6, 6.07) is 19.2. The number of ether oxygens (including phenoxy) is 3. The highest BCUT2D eigenvalue weighted by molar-refractivity contribution is 5.91. The molecule has 0 unspecified atom stereocenters. The molecule has 0 bridgehead atoms. The molecule has 3 aliphatic rings. The molecule has 1 aliphatic carbocycles. The van der Waals surface area contributed by atoms with Crippen LogP contribution in [0.2, 0.25) is 0 Å². The van der Waals surface area contributed by atoms with Crippen LogP contribution < -0.4 is 10.6 Å². The van der Waals surface area contributed by atoms with Crippen LogP contribution in [0, 0.1) is 23.2 Å². The maximum atomic E-state index is 13.9. The minimum atomic E-state index is -0.739. The lowest BCUT2D eigenvalue weighted by atomic mass is 9.98. The van der Waals surface area contributed by atoms with Gasteiger partial charge in [-0.3, -0.25) is 9.59 Å². The molecule has 15 nitrogen and oxygen atoms in total. The molecular formula is C48H58N8O7. The number of benzene rings is 3. The number of imidazole rings is 2. The van der Waals surface area contributed by atoms with E-state index in [1.165, 1.54) is 14.2 Å². The van der Waals surface area contributed by atoms with Crippen molar-refractivity contribution in [2.75, 3.05) is 41.0 Å². The Balaban J connectivity index is 0.963. The largest absolute Gasteiger partial charge is 0.453 e. The molecule has 2 aliphatic heterocycles. The molecule has 3 aromatic carbocycles. The number of likely N-dealkylation sites (tertiary alicyclic amines) is 2. The summed E-state index contributed by atoms with van der Waals surface area (Å²) in [7, 11) is 4.25. The number of aromatic nitrogens is 4. The van der Waals surface area contributed by atoms with Crippen LogP contribution >= 0.6 is 0 Å². The molecule has 3 fully saturated rings. The number of amides is 4. The lowest BCUT2D eigenvalue weighted by molar-refractivity contribution is -0.136. The second-order valence-corrected chi connectivity index (χ2v) is 18.2. The molecular weight excluding hydrogens is 801 g/mol. The molecule has 332 valence electrons. The summed E-state index contributed by atoms with van der Waals surface area (Å²) >= 11 is 0. The first-order chi connectivity index (χ1) is 30.3. The normalized spacial score (nSPS) is 20.0. The molecule has 4 N–H and O–H groups in total. The summed E-state index contributed by atoms with van der Waals surface area (Å²) in [5.74, 6) is 1.02. The number of fused-ring (bicyclic) bond motifs is 1. The number of rotatable bonds is 13. The van der Waals surface area contributed by atoms with Crippen molar-refractivity contribution in [2.45, 2.75) is 77.5 Å².